The number of nitrogens with zero attached hydrogens (tertiary/aromatic N) is 1. The zero-order valence-corrected chi connectivity index (χ0v) is 9.43. The van der Waals surface area contributed by atoms with Gasteiger partial charge in [-0.05, 0) is 11.6 Å². The Hall–Kier alpha value is -1.29. The largest absolute Gasteiger partial charge is 0.384 e. The average molecular weight is 229 g/mol. The van der Waals surface area contributed by atoms with E-state index in [1.807, 2.05) is 0 Å². The van der Waals surface area contributed by atoms with Gasteiger partial charge in [-0.2, -0.15) is 0 Å². The van der Waals surface area contributed by atoms with Crippen LogP contribution in [0.5, 0.6) is 0 Å². The molecule has 0 amide bonds. The van der Waals surface area contributed by atoms with Gasteiger partial charge in [-0.1, -0.05) is 13.8 Å². The molecule has 0 saturated carbocycles. The summed E-state index contributed by atoms with van der Waals surface area (Å²) in [5.41, 5.74) is 2.20. The molecule has 1 heterocycles. The second kappa shape index (κ2) is 3.70. The molecular weight excluding hydrogens is 216 g/mol. The second-order valence-corrected chi connectivity index (χ2v) is 4.22. The van der Waals surface area contributed by atoms with Gasteiger partial charge >= 0.3 is 0 Å². The van der Waals surface area contributed by atoms with E-state index in [4.69, 9.17) is 0 Å². The van der Waals surface area contributed by atoms with E-state index in [1.165, 1.54) is 6.07 Å². The average Bonchev–Trinajstić information content (AvgIpc) is 2.42. The fourth-order valence-corrected chi connectivity index (χ4v) is 1.77. The summed E-state index contributed by atoms with van der Waals surface area (Å²) < 4.78 is 0. The Labute approximate surface area is 94.2 Å². The highest BCUT2D eigenvalue weighted by Crippen LogP contribution is 2.37. The molecule has 0 fully saturated rings. The van der Waals surface area contributed by atoms with Crippen LogP contribution in [0.2, 0.25) is 0 Å². The van der Waals surface area contributed by atoms with Crippen molar-refractivity contribution in [2.24, 2.45) is 0 Å². The van der Waals surface area contributed by atoms with E-state index in [2.05, 4.69) is 19.2 Å². The van der Waals surface area contributed by atoms with Gasteiger partial charge in [0.1, 0.15) is 0 Å². The summed E-state index contributed by atoms with van der Waals surface area (Å²) in [6.07, 6.45) is 0. The first-order valence-corrected chi connectivity index (χ1v) is 4.53. The van der Waals surface area contributed by atoms with Crippen LogP contribution in [0.15, 0.2) is 18.2 Å². The van der Waals surface area contributed by atoms with E-state index >= 15 is 0 Å². The van der Waals surface area contributed by atoms with Gasteiger partial charge in [-0.25, -0.2) is 0 Å². The minimum absolute atomic E-state index is 0. The normalized spacial score (nSPS) is 16.1. The number of rotatable bonds is 1. The van der Waals surface area contributed by atoms with Gasteiger partial charge in [0.05, 0.1) is 4.92 Å². The molecule has 2 rings (SSSR count). The van der Waals surface area contributed by atoms with Crippen molar-refractivity contribution >= 4 is 23.8 Å². The highest BCUT2D eigenvalue weighted by Gasteiger charge is 2.30. The van der Waals surface area contributed by atoms with Crippen LogP contribution in [0.25, 0.3) is 0 Å². The minimum atomic E-state index is -0.352. The number of anilines is 1. The molecule has 4 nitrogen and oxygen atoms in total. The highest BCUT2D eigenvalue weighted by molar-refractivity contribution is 5.85. The smallest absolute Gasteiger partial charge is 0.269 e. The van der Waals surface area contributed by atoms with Crippen LogP contribution in [0.3, 0.4) is 0 Å². The first kappa shape index (κ1) is 11.8. The maximum Gasteiger partial charge on any atom is 0.269 e. The van der Waals surface area contributed by atoms with Crippen LogP contribution in [0.4, 0.5) is 11.4 Å². The summed E-state index contributed by atoms with van der Waals surface area (Å²) >= 11 is 0. The van der Waals surface area contributed by atoms with Gasteiger partial charge in [0, 0.05) is 29.8 Å². The van der Waals surface area contributed by atoms with E-state index in [0.29, 0.717) is 0 Å². The molecule has 5 heteroatoms. The first-order valence-electron chi connectivity index (χ1n) is 4.53. The minimum Gasteiger partial charge on any atom is -0.384 e. The van der Waals surface area contributed by atoms with E-state index in [9.17, 15) is 10.1 Å². The van der Waals surface area contributed by atoms with E-state index in [0.717, 1.165) is 17.8 Å². The number of nitro groups is 1. The fraction of sp³-hybridized carbons (Fsp3) is 0.400. The molecule has 0 unspecified atom stereocenters. The summed E-state index contributed by atoms with van der Waals surface area (Å²) in [6.45, 7) is 4.99. The summed E-state index contributed by atoms with van der Waals surface area (Å²) in [6, 6.07) is 4.98. The van der Waals surface area contributed by atoms with Crippen molar-refractivity contribution in [3.8, 4) is 0 Å². The number of benzene rings is 1. The molecule has 82 valence electrons. The monoisotopic (exact) mass is 228 g/mol. The van der Waals surface area contributed by atoms with Crippen molar-refractivity contribution in [1.29, 1.82) is 0 Å². The number of hydrogen-bond donors (Lipinski definition) is 1. The summed E-state index contributed by atoms with van der Waals surface area (Å²) in [7, 11) is 0. The quantitative estimate of drug-likeness (QED) is 0.594. The zero-order chi connectivity index (χ0) is 10.3. The molecule has 0 saturated heterocycles. The van der Waals surface area contributed by atoms with E-state index in [1.54, 1.807) is 12.1 Å². The Balaban J connectivity index is 0.00000112. The zero-order valence-electron chi connectivity index (χ0n) is 8.61. The van der Waals surface area contributed by atoms with Crippen LogP contribution in [0.1, 0.15) is 19.4 Å². The summed E-state index contributed by atoms with van der Waals surface area (Å²) in [4.78, 5) is 10.2. The van der Waals surface area contributed by atoms with Crippen molar-refractivity contribution < 1.29 is 4.92 Å². The highest BCUT2D eigenvalue weighted by atomic mass is 35.5. The van der Waals surface area contributed by atoms with Crippen molar-refractivity contribution in [2.45, 2.75) is 19.3 Å². The van der Waals surface area contributed by atoms with Gasteiger partial charge in [-0.15, -0.1) is 12.4 Å². The van der Waals surface area contributed by atoms with Gasteiger partial charge < -0.3 is 5.32 Å². The standard InChI is InChI=1S/C10H12N2O2.ClH/c1-10(2)6-11-9-4-3-7(12(13)14)5-8(9)10;/h3-5,11H,6H2,1-2H3;1H. The van der Waals surface area contributed by atoms with E-state index in [-0.39, 0.29) is 28.4 Å². The van der Waals surface area contributed by atoms with Crippen LogP contribution >= 0.6 is 12.4 Å². The van der Waals surface area contributed by atoms with Crippen LogP contribution < -0.4 is 5.32 Å². The lowest BCUT2D eigenvalue weighted by Crippen LogP contribution is -2.18. The molecule has 1 aromatic carbocycles. The molecule has 0 bridgehead atoms. The Morgan fingerprint density at radius 2 is 2.13 bits per heavy atom. The van der Waals surface area contributed by atoms with Crippen LogP contribution in [-0.2, 0) is 5.41 Å². The predicted octanol–water partition coefficient (Wildman–Crippen LogP) is 2.72. The van der Waals surface area contributed by atoms with Gasteiger partial charge in [0.2, 0.25) is 0 Å². The SMILES string of the molecule is CC1(C)CNc2ccc([N+](=O)[O-])cc21.Cl. The molecule has 0 atom stereocenters. The van der Waals surface area contributed by atoms with Crippen LogP contribution in [0, 0.1) is 10.1 Å². The third-order valence-corrected chi connectivity index (χ3v) is 2.66. The number of halogens is 1. The van der Waals surface area contributed by atoms with Crippen molar-refractivity contribution in [1.82, 2.24) is 0 Å². The molecule has 0 radical (unpaired) electrons. The van der Waals surface area contributed by atoms with Crippen molar-refractivity contribution in [3.63, 3.8) is 0 Å². The van der Waals surface area contributed by atoms with E-state index < -0.39 is 0 Å². The Morgan fingerprint density at radius 1 is 1.47 bits per heavy atom. The fourth-order valence-electron chi connectivity index (χ4n) is 1.77. The Bertz CT molecular complexity index is 404. The lowest BCUT2D eigenvalue weighted by atomic mass is 9.87. The van der Waals surface area contributed by atoms with Gasteiger partial charge in [0.15, 0.2) is 0 Å². The lowest BCUT2D eigenvalue weighted by molar-refractivity contribution is -0.384. The molecule has 1 N–H and O–H groups in total. The molecule has 1 aliphatic rings. The molecule has 15 heavy (non-hydrogen) atoms. The molecule has 0 aliphatic carbocycles. The number of non-ortho nitro benzene ring substituents is 1. The van der Waals surface area contributed by atoms with Crippen molar-refractivity contribution in [2.75, 3.05) is 11.9 Å². The predicted molar refractivity (Wildman–Crippen MR) is 61.9 cm³/mol. The topological polar surface area (TPSA) is 55.2 Å². The summed E-state index contributed by atoms with van der Waals surface area (Å²) in [5, 5.41) is 13.8. The maximum atomic E-state index is 10.6. The molecular formula is C10H13ClN2O2. The van der Waals surface area contributed by atoms with Crippen LogP contribution in [-0.4, -0.2) is 11.5 Å². The van der Waals surface area contributed by atoms with Gasteiger partial charge in [0.25, 0.3) is 5.69 Å². The molecule has 1 aromatic rings. The number of nitrogens with one attached hydrogen (secondary N) is 1. The third-order valence-electron chi connectivity index (χ3n) is 2.66. The molecule has 0 aromatic heterocycles. The number of fused-ring (bicyclic) bond motifs is 1. The first-order chi connectivity index (χ1) is 6.50. The maximum absolute atomic E-state index is 10.6. The number of hydrogen-bond acceptors (Lipinski definition) is 3. The lowest BCUT2D eigenvalue weighted by Gasteiger charge is -2.16. The Morgan fingerprint density at radius 3 is 2.73 bits per heavy atom. The number of nitro benzene ring substituents is 1. The molecule has 1 aliphatic heterocycles. The van der Waals surface area contributed by atoms with Crippen molar-refractivity contribution in [3.05, 3.63) is 33.9 Å². The second-order valence-electron chi connectivity index (χ2n) is 4.22. The third kappa shape index (κ3) is 1.90. The van der Waals surface area contributed by atoms with Gasteiger partial charge in [-0.3, -0.25) is 10.1 Å². The molecule has 0 spiro atoms. The Kier molecular flexibility index (Phi) is 2.90. The summed E-state index contributed by atoms with van der Waals surface area (Å²) in [5.74, 6) is 0.